The molecule has 0 bridgehead atoms. The fourth-order valence-electron chi connectivity index (χ4n) is 4.00. The summed E-state index contributed by atoms with van der Waals surface area (Å²) in [6, 6.07) is 11.8. The number of amides is 1. The molecule has 0 saturated carbocycles. The summed E-state index contributed by atoms with van der Waals surface area (Å²) in [6.07, 6.45) is 3.77. The number of carbonyl (C=O) groups excluding carboxylic acids is 1. The van der Waals surface area contributed by atoms with Gasteiger partial charge in [-0.3, -0.25) is 9.89 Å². The van der Waals surface area contributed by atoms with Crippen molar-refractivity contribution in [1.82, 2.24) is 15.1 Å². The first kappa shape index (κ1) is 19.3. The SMILES string of the molecule is C=CCN1C(=O)c2[nH]nc(-c3cc(C)cc(C)c3O)c2C1c1ccc(SC)cc1. The molecule has 0 radical (unpaired) electrons. The molecule has 2 aromatic carbocycles. The van der Waals surface area contributed by atoms with Gasteiger partial charge in [-0.25, -0.2) is 0 Å². The molecule has 3 aromatic rings. The third-order valence-corrected chi connectivity index (χ3v) is 6.06. The molecule has 1 atom stereocenters. The number of aromatic nitrogens is 2. The van der Waals surface area contributed by atoms with E-state index in [1.165, 1.54) is 0 Å². The molecule has 148 valence electrons. The van der Waals surface area contributed by atoms with Gasteiger partial charge in [0.25, 0.3) is 5.91 Å². The Morgan fingerprint density at radius 1 is 1.28 bits per heavy atom. The molecule has 0 aliphatic carbocycles. The van der Waals surface area contributed by atoms with E-state index in [0.29, 0.717) is 23.5 Å². The smallest absolute Gasteiger partial charge is 0.273 e. The Labute approximate surface area is 174 Å². The lowest BCUT2D eigenvalue weighted by molar-refractivity contribution is 0.0764. The zero-order valence-electron chi connectivity index (χ0n) is 16.7. The monoisotopic (exact) mass is 405 g/mol. The summed E-state index contributed by atoms with van der Waals surface area (Å²) in [5, 5.41) is 18.1. The number of phenols is 1. The zero-order valence-corrected chi connectivity index (χ0v) is 17.5. The van der Waals surface area contributed by atoms with Gasteiger partial charge in [0, 0.05) is 22.6 Å². The number of rotatable bonds is 5. The summed E-state index contributed by atoms with van der Waals surface area (Å²) >= 11 is 1.68. The molecule has 0 spiro atoms. The number of thioether (sulfide) groups is 1. The van der Waals surface area contributed by atoms with E-state index in [1.807, 2.05) is 44.4 Å². The lowest BCUT2D eigenvalue weighted by atomic mass is 9.94. The molecule has 29 heavy (non-hydrogen) atoms. The summed E-state index contributed by atoms with van der Waals surface area (Å²) in [5.41, 5.74) is 5.34. The van der Waals surface area contributed by atoms with Gasteiger partial charge in [-0.15, -0.1) is 18.3 Å². The van der Waals surface area contributed by atoms with Crippen LogP contribution in [0.2, 0.25) is 0 Å². The van der Waals surface area contributed by atoms with Gasteiger partial charge in [-0.05, 0) is 55.0 Å². The summed E-state index contributed by atoms with van der Waals surface area (Å²) < 4.78 is 0. The molecular formula is C23H23N3O2S. The van der Waals surface area contributed by atoms with E-state index in [4.69, 9.17) is 0 Å². The van der Waals surface area contributed by atoms with E-state index >= 15 is 0 Å². The maximum absolute atomic E-state index is 13.1. The highest BCUT2D eigenvalue weighted by Gasteiger charge is 2.42. The van der Waals surface area contributed by atoms with Crippen LogP contribution in [-0.2, 0) is 0 Å². The molecule has 0 fully saturated rings. The highest BCUT2D eigenvalue weighted by atomic mass is 32.2. The number of phenolic OH excluding ortho intramolecular Hbond substituents is 1. The minimum absolute atomic E-state index is 0.110. The Bertz CT molecular complexity index is 1100. The van der Waals surface area contributed by atoms with Crippen molar-refractivity contribution < 1.29 is 9.90 Å². The van der Waals surface area contributed by atoms with Crippen LogP contribution in [0.1, 0.15) is 38.8 Å². The van der Waals surface area contributed by atoms with E-state index in [-0.39, 0.29) is 17.7 Å². The quantitative estimate of drug-likeness (QED) is 0.470. The molecule has 1 unspecified atom stereocenters. The molecule has 1 aliphatic rings. The number of nitrogens with zero attached hydrogens (tertiary/aromatic N) is 2. The van der Waals surface area contributed by atoms with Crippen LogP contribution in [0.15, 0.2) is 53.9 Å². The van der Waals surface area contributed by atoms with Crippen molar-refractivity contribution in [3.8, 4) is 17.0 Å². The summed E-state index contributed by atoms with van der Waals surface area (Å²) in [4.78, 5) is 16.0. The lowest BCUT2D eigenvalue weighted by Crippen LogP contribution is -2.29. The molecule has 0 saturated heterocycles. The van der Waals surface area contributed by atoms with E-state index < -0.39 is 0 Å². The van der Waals surface area contributed by atoms with Crippen molar-refractivity contribution in [1.29, 1.82) is 0 Å². The molecule has 5 nitrogen and oxygen atoms in total. The highest BCUT2D eigenvalue weighted by molar-refractivity contribution is 7.98. The first-order valence-corrected chi connectivity index (χ1v) is 10.6. The summed E-state index contributed by atoms with van der Waals surface area (Å²) in [6.45, 7) is 8.09. The van der Waals surface area contributed by atoms with Gasteiger partial charge >= 0.3 is 0 Å². The minimum Gasteiger partial charge on any atom is -0.507 e. The molecule has 1 amide bonds. The van der Waals surface area contributed by atoms with Crippen LogP contribution in [0.25, 0.3) is 11.3 Å². The number of hydrogen-bond donors (Lipinski definition) is 2. The van der Waals surface area contributed by atoms with E-state index in [1.54, 1.807) is 22.7 Å². The summed E-state index contributed by atoms with van der Waals surface area (Å²) in [7, 11) is 0. The average molecular weight is 406 g/mol. The predicted octanol–water partition coefficient (Wildman–Crippen LogP) is 4.85. The average Bonchev–Trinajstić information content (AvgIpc) is 3.25. The second-order valence-electron chi connectivity index (χ2n) is 7.26. The molecule has 4 rings (SSSR count). The van der Waals surface area contributed by atoms with Gasteiger partial charge in [-0.2, -0.15) is 5.10 Å². The number of fused-ring (bicyclic) bond motifs is 1. The lowest BCUT2D eigenvalue weighted by Gasteiger charge is -2.25. The topological polar surface area (TPSA) is 69.2 Å². The largest absolute Gasteiger partial charge is 0.507 e. The second-order valence-corrected chi connectivity index (χ2v) is 8.14. The number of benzene rings is 2. The van der Waals surface area contributed by atoms with Crippen LogP contribution < -0.4 is 0 Å². The molecule has 6 heteroatoms. The van der Waals surface area contributed by atoms with Crippen LogP contribution in [-0.4, -0.2) is 38.9 Å². The van der Waals surface area contributed by atoms with E-state index in [9.17, 15) is 9.90 Å². The van der Waals surface area contributed by atoms with Gasteiger partial charge in [-0.1, -0.05) is 24.3 Å². The first-order valence-electron chi connectivity index (χ1n) is 9.41. The molecular weight excluding hydrogens is 382 g/mol. The minimum atomic E-state index is -0.291. The van der Waals surface area contributed by atoms with Crippen molar-refractivity contribution in [2.75, 3.05) is 12.8 Å². The first-order chi connectivity index (χ1) is 14.0. The molecule has 1 aliphatic heterocycles. The number of aromatic amines is 1. The van der Waals surface area contributed by atoms with Gasteiger partial charge in [0.05, 0.1) is 6.04 Å². The number of aryl methyl sites for hydroxylation is 2. The van der Waals surface area contributed by atoms with Crippen LogP contribution in [0, 0.1) is 13.8 Å². The van der Waals surface area contributed by atoms with E-state index in [2.05, 4.69) is 28.9 Å². The van der Waals surface area contributed by atoms with Crippen molar-refractivity contribution in [3.63, 3.8) is 0 Å². The van der Waals surface area contributed by atoms with Crippen molar-refractivity contribution in [3.05, 3.63) is 77.0 Å². The summed E-state index contributed by atoms with van der Waals surface area (Å²) in [5.74, 6) is 0.0810. The third kappa shape index (κ3) is 3.13. The maximum atomic E-state index is 13.1. The van der Waals surface area contributed by atoms with Gasteiger partial charge < -0.3 is 10.0 Å². The zero-order chi connectivity index (χ0) is 20.7. The van der Waals surface area contributed by atoms with E-state index in [0.717, 1.165) is 27.1 Å². The predicted molar refractivity (Wildman–Crippen MR) is 116 cm³/mol. The van der Waals surface area contributed by atoms with Crippen molar-refractivity contribution in [2.24, 2.45) is 0 Å². The van der Waals surface area contributed by atoms with Gasteiger partial charge in [0.15, 0.2) is 0 Å². The Morgan fingerprint density at radius 2 is 2.00 bits per heavy atom. The number of hydrogen-bond acceptors (Lipinski definition) is 4. The number of H-pyrrole nitrogens is 1. The van der Waals surface area contributed by atoms with Gasteiger partial charge in [0.1, 0.15) is 17.1 Å². The molecule has 2 N–H and O–H groups in total. The Morgan fingerprint density at radius 3 is 2.66 bits per heavy atom. The maximum Gasteiger partial charge on any atom is 0.273 e. The van der Waals surface area contributed by atoms with Crippen molar-refractivity contribution >= 4 is 17.7 Å². The number of aromatic hydroxyl groups is 1. The molecule has 1 aromatic heterocycles. The normalized spacial score (nSPS) is 15.6. The fourth-order valence-corrected chi connectivity index (χ4v) is 4.41. The van der Waals surface area contributed by atoms with Crippen LogP contribution in [0.3, 0.4) is 0 Å². The van der Waals surface area contributed by atoms with Gasteiger partial charge in [0.2, 0.25) is 0 Å². The second kappa shape index (κ2) is 7.44. The van der Waals surface area contributed by atoms with Crippen molar-refractivity contribution in [2.45, 2.75) is 24.8 Å². The Kier molecular flexibility index (Phi) is 4.96. The number of nitrogens with one attached hydrogen (secondary N) is 1. The van der Waals surface area contributed by atoms with Crippen LogP contribution in [0.4, 0.5) is 0 Å². The Balaban J connectivity index is 1.92. The highest BCUT2D eigenvalue weighted by Crippen LogP contribution is 2.45. The van der Waals surface area contributed by atoms with Crippen LogP contribution in [0.5, 0.6) is 5.75 Å². The van der Waals surface area contributed by atoms with Crippen LogP contribution >= 0.6 is 11.8 Å². The standard InChI is InChI=1S/C23H23N3O2S/c1-5-10-26-21(15-6-8-16(29-4)9-7-15)18-19(24-25-20(18)23(26)28)17-12-13(2)11-14(3)22(17)27/h5-9,11-12,21,27H,1,10H2,2-4H3,(H,24,25). The number of carbonyl (C=O) groups is 1. The molecule has 2 heterocycles. The third-order valence-electron chi connectivity index (χ3n) is 5.32. The fraction of sp³-hybridized carbons (Fsp3) is 0.217. The Hall–Kier alpha value is -2.99.